The third kappa shape index (κ3) is 6.28. The molecule has 2 aliphatic heterocycles. The first-order chi connectivity index (χ1) is 18.9. The molecular formula is C30H34ClN5O3. The van der Waals surface area contributed by atoms with E-state index in [0.29, 0.717) is 38.1 Å². The average molecular weight is 548 g/mol. The minimum Gasteiger partial charge on any atom is -0.450 e. The van der Waals surface area contributed by atoms with Gasteiger partial charge in [0.2, 0.25) is 0 Å². The quantitative estimate of drug-likeness (QED) is 0.424. The fourth-order valence-corrected chi connectivity index (χ4v) is 5.30. The molecule has 5 rings (SSSR count). The lowest BCUT2D eigenvalue weighted by Gasteiger charge is -2.32. The minimum absolute atomic E-state index is 0.0364. The number of rotatable bonds is 6. The summed E-state index contributed by atoms with van der Waals surface area (Å²) in [6.07, 6.45) is 3.01. The maximum Gasteiger partial charge on any atom is 0.409 e. The molecule has 1 saturated heterocycles. The number of amides is 2. The number of benzene rings is 2. The highest BCUT2D eigenvalue weighted by Gasteiger charge is 2.25. The van der Waals surface area contributed by atoms with Crippen LogP contribution in [0.2, 0.25) is 5.02 Å². The second-order valence-electron chi connectivity index (χ2n) is 10.0. The van der Waals surface area contributed by atoms with Crippen molar-refractivity contribution in [2.45, 2.75) is 39.3 Å². The van der Waals surface area contributed by atoms with Gasteiger partial charge in [0.1, 0.15) is 5.82 Å². The topological polar surface area (TPSA) is 86.8 Å². The number of carbonyl (C=O) groups is 2. The average Bonchev–Trinajstić information content (AvgIpc) is 2.95. The molecule has 0 unspecified atom stereocenters. The molecule has 0 bridgehead atoms. The first-order valence-electron chi connectivity index (χ1n) is 13.5. The van der Waals surface area contributed by atoms with Crippen LogP contribution in [-0.4, -0.2) is 60.7 Å². The maximum absolute atomic E-state index is 12.9. The SMILES string of the molecule is CCOC(=O)N1CCC(NC(=O)c2ccc(-c3cnc4c(c3)N(Cc3cc(Cl)ccc3C)CCN4)cc2)CC1. The van der Waals surface area contributed by atoms with Gasteiger partial charge in [0.25, 0.3) is 5.91 Å². The van der Waals surface area contributed by atoms with Crippen LogP contribution in [0.3, 0.4) is 0 Å². The van der Waals surface area contributed by atoms with Gasteiger partial charge < -0.3 is 25.2 Å². The van der Waals surface area contributed by atoms with Gasteiger partial charge >= 0.3 is 6.09 Å². The number of nitrogens with zero attached hydrogens (tertiary/aromatic N) is 3. The van der Waals surface area contributed by atoms with Gasteiger partial charge in [-0.05, 0) is 73.7 Å². The Morgan fingerprint density at radius 2 is 1.85 bits per heavy atom. The number of ether oxygens (including phenoxy) is 1. The number of aromatic nitrogens is 1. The molecule has 1 aromatic heterocycles. The number of aryl methyl sites for hydroxylation is 1. The van der Waals surface area contributed by atoms with Crippen molar-refractivity contribution >= 4 is 35.1 Å². The molecule has 1 fully saturated rings. The van der Waals surface area contributed by atoms with Crippen LogP contribution < -0.4 is 15.5 Å². The Labute approximate surface area is 234 Å². The molecule has 0 spiro atoms. The third-order valence-corrected chi connectivity index (χ3v) is 7.63. The highest BCUT2D eigenvalue weighted by molar-refractivity contribution is 6.30. The second kappa shape index (κ2) is 11.9. The minimum atomic E-state index is -0.284. The summed E-state index contributed by atoms with van der Waals surface area (Å²) >= 11 is 6.27. The van der Waals surface area contributed by atoms with Crippen LogP contribution in [0.15, 0.2) is 54.7 Å². The van der Waals surface area contributed by atoms with Crippen molar-refractivity contribution in [3.63, 3.8) is 0 Å². The summed E-state index contributed by atoms with van der Waals surface area (Å²) in [6, 6.07) is 15.8. The van der Waals surface area contributed by atoms with Gasteiger partial charge in [-0.25, -0.2) is 9.78 Å². The van der Waals surface area contributed by atoms with Gasteiger partial charge in [0.05, 0.1) is 12.3 Å². The molecule has 0 radical (unpaired) electrons. The first-order valence-corrected chi connectivity index (χ1v) is 13.9. The molecule has 2 aromatic carbocycles. The largest absolute Gasteiger partial charge is 0.450 e. The Balaban J connectivity index is 1.24. The number of hydrogen-bond acceptors (Lipinski definition) is 6. The van der Waals surface area contributed by atoms with Crippen LogP contribution in [-0.2, 0) is 11.3 Å². The summed E-state index contributed by atoms with van der Waals surface area (Å²) in [7, 11) is 0. The molecule has 3 heterocycles. The van der Waals surface area contributed by atoms with Gasteiger partial charge in [-0.15, -0.1) is 0 Å². The summed E-state index contributed by atoms with van der Waals surface area (Å²) in [5, 5.41) is 7.25. The van der Waals surface area contributed by atoms with Crippen molar-refractivity contribution in [2.24, 2.45) is 0 Å². The Morgan fingerprint density at radius 3 is 2.59 bits per heavy atom. The first kappa shape index (κ1) is 26.8. The molecule has 0 atom stereocenters. The number of carbonyl (C=O) groups excluding carboxylic acids is 2. The van der Waals surface area contributed by atoms with Crippen molar-refractivity contribution in [2.75, 3.05) is 43.0 Å². The molecule has 2 aliphatic rings. The van der Waals surface area contributed by atoms with Crippen LogP contribution in [0.5, 0.6) is 0 Å². The van der Waals surface area contributed by atoms with Crippen molar-refractivity contribution in [1.82, 2.24) is 15.2 Å². The number of halogens is 1. The van der Waals surface area contributed by atoms with E-state index in [1.165, 1.54) is 11.1 Å². The van der Waals surface area contributed by atoms with E-state index in [-0.39, 0.29) is 18.0 Å². The monoisotopic (exact) mass is 547 g/mol. The van der Waals surface area contributed by atoms with Crippen molar-refractivity contribution < 1.29 is 14.3 Å². The zero-order chi connectivity index (χ0) is 27.4. The molecule has 2 amide bonds. The Hall–Kier alpha value is -3.78. The van der Waals surface area contributed by atoms with Crippen LogP contribution >= 0.6 is 11.6 Å². The van der Waals surface area contributed by atoms with E-state index in [1.54, 1.807) is 11.8 Å². The smallest absolute Gasteiger partial charge is 0.409 e. The van der Waals surface area contributed by atoms with Crippen LogP contribution in [0.25, 0.3) is 11.1 Å². The van der Waals surface area contributed by atoms with Gasteiger partial charge in [-0.1, -0.05) is 29.8 Å². The zero-order valence-electron chi connectivity index (χ0n) is 22.4. The number of nitrogens with one attached hydrogen (secondary N) is 2. The molecule has 39 heavy (non-hydrogen) atoms. The van der Waals surface area contributed by atoms with Crippen molar-refractivity contribution in [3.8, 4) is 11.1 Å². The van der Waals surface area contributed by atoms with E-state index in [2.05, 4.69) is 34.6 Å². The highest BCUT2D eigenvalue weighted by Crippen LogP contribution is 2.33. The van der Waals surface area contributed by atoms with Gasteiger partial charge in [0.15, 0.2) is 0 Å². The summed E-state index contributed by atoms with van der Waals surface area (Å²) in [6.45, 7) is 7.87. The van der Waals surface area contributed by atoms with Gasteiger partial charge in [-0.3, -0.25) is 4.79 Å². The predicted octanol–water partition coefficient (Wildman–Crippen LogP) is 5.49. The van der Waals surface area contributed by atoms with Crippen molar-refractivity contribution in [1.29, 1.82) is 0 Å². The Morgan fingerprint density at radius 1 is 1.08 bits per heavy atom. The molecule has 2 N–H and O–H groups in total. The second-order valence-corrected chi connectivity index (χ2v) is 10.5. The molecule has 0 saturated carbocycles. The normalized spacial score (nSPS) is 15.4. The third-order valence-electron chi connectivity index (χ3n) is 7.39. The summed E-state index contributed by atoms with van der Waals surface area (Å²) in [4.78, 5) is 33.5. The molecule has 0 aliphatic carbocycles. The Bertz CT molecular complexity index is 1340. The lowest BCUT2D eigenvalue weighted by molar-refractivity contribution is 0.0860. The number of piperidine rings is 1. The summed E-state index contributed by atoms with van der Waals surface area (Å²) < 4.78 is 5.07. The number of fused-ring (bicyclic) bond motifs is 1. The fraction of sp³-hybridized carbons (Fsp3) is 0.367. The highest BCUT2D eigenvalue weighted by atomic mass is 35.5. The summed E-state index contributed by atoms with van der Waals surface area (Å²) in [5.41, 5.74) is 6.05. The number of pyridine rings is 1. The predicted molar refractivity (Wildman–Crippen MR) is 154 cm³/mol. The summed E-state index contributed by atoms with van der Waals surface area (Å²) in [5.74, 6) is 0.765. The molecule has 9 heteroatoms. The molecule has 8 nitrogen and oxygen atoms in total. The molecule has 204 valence electrons. The lowest BCUT2D eigenvalue weighted by Crippen LogP contribution is -2.46. The van der Waals surface area contributed by atoms with E-state index in [1.807, 2.05) is 42.6 Å². The van der Waals surface area contributed by atoms with Crippen molar-refractivity contribution in [3.05, 3.63) is 76.4 Å². The zero-order valence-corrected chi connectivity index (χ0v) is 23.1. The van der Waals surface area contributed by atoms with E-state index >= 15 is 0 Å². The van der Waals surface area contributed by atoms with Gasteiger partial charge in [0, 0.05) is 61.1 Å². The standard InChI is InChI=1S/C30H34ClN5O3/c1-3-39-30(38)35-13-10-26(11-14-35)34-29(37)22-7-5-21(6-8-22)23-17-27-28(33-18-23)32-12-15-36(27)19-24-16-25(31)9-4-20(24)2/h4-9,16-18,26H,3,10-15,19H2,1-2H3,(H,32,33)(H,34,37). The van der Waals surface area contributed by atoms with Crippen LogP contribution in [0.4, 0.5) is 16.3 Å². The van der Waals surface area contributed by atoms with Crippen LogP contribution in [0, 0.1) is 6.92 Å². The van der Waals surface area contributed by atoms with E-state index in [4.69, 9.17) is 21.3 Å². The van der Waals surface area contributed by atoms with Gasteiger partial charge in [-0.2, -0.15) is 0 Å². The van der Waals surface area contributed by atoms with E-state index in [0.717, 1.165) is 47.3 Å². The number of hydrogen-bond donors (Lipinski definition) is 2. The lowest BCUT2D eigenvalue weighted by atomic mass is 10.0. The maximum atomic E-state index is 12.9. The molecule has 3 aromatic rings. The number of anilines is 2. The number of likely N-dealkylation sites (tertiary alicyclic amines) is 1. The fourth-order valence-electron chi connectivity index (χ4n) is 5.10. The van der Waals surface area contributed by atoms with E-state index in [9.17, 15) is 9.59 Å². The van der Waals surface area contributed by atoms with Crippen LogP contribution in [0.1, 0.15) is 41.3 Å². The van der Waals surface area contributed by atoms with E-state index < -0.39 is 0 Å². The molecular weight excluding hydrogens is 514 g/mol. The Kier molecular flexibility index (Phi) is 8.21.